The number of hydrogen-bond donors (Lipinski definition) is 0. The van der Waals surface area contributed by atoms with Crippen LogP contribution in [0.25, 0.3) is 10.9 Å². The van der Waals surface area contributed by atoms with Crippen LogP contribution in [0, 0.1) is 0 Å². The van der Waals surface area contributed by atoms with Crippen molar-refractivity contribution in [3.8, 4) is 0 Å². The molecule has 0 N–H and O–H groups in total. The van der Waals surface area contributed by atoms with Crippen molar-refractivity contribution in [1.82, 2.24) is 9.55 Å². The van der Waals surface area contributed by atoms with Gasteiger partial charge in [-0.25, -0.2) is 0 Å². The average Bonchev–Trinajstić information content (AvgIpc) is 2.82. The molecule has 3 aromatic rings. The van der Waals surface area contributed by atoms with Gasteiger partial charge >= 0.3 is 0 Å². The van der Waals surface area contributed by atoms with Crippen molar-refractivity contribution in [1.29, 1.82) is 0 Å². The van der Waals surface area contributed by atoms with Crippen LogP contribution in [-0.4, -0.2) is 9.55 Å². The standard InChI is InChI=1S/C16H16N2/c1-2-13-3-4-16-15(11-13)7-10-18(16)12-14-5-8-17-9-6-14/h3-11H,2,12H2,1H3. The first-order valence-corrected chi connectivity index (χ1v) is 6.33. The highest BCUT2D eigenvalue weighted by Crippen LogP contribution is 2.19. The Balaban J connectivity index is 1.98. The second kappa shape index (κ2) is 4.65. The van der Waals surface area contributed by atoms with Gasteiger partial charge in [0.1, 0.15) is 0 Å². The Bertz CT molecular complexity index is 653. The van der Waals surface area contributed by atoms with E-state index in [0.29, 0.717) is 0 Å². The summed E-state index contributed by atoms with van der Waals surface area (Å²) in [7, 11) is 0. The van der Waals surface area contributed by atoms with E-state index >= 15 is 0 Å². The molecule has 0 amide bonds. The molecule has 3 rings (SSSR count). The average molecular weight is 236 g/mol. The van der Waals surface area contributed by atoms with Gasteiger partial charge in [0, 0.05) is 30.7 Å². The molecule has 0 atom stereocenters. The third kappa shape index (κ3) is 2.02. The summed E-state index contributed by atoms with van der Waals surface area (Å²) in [5, 5.41) is 1.32. The molecule has 0 bridgehead atoms. The van der Waals surface area contributed by atoms with Crippen molar-refractivity contribution < 1.29 is 0 Å². The molecule has 0 unspecified atom stereocenters. The largest absolute Gasteiger partial charge is 0.343 e. The number of hydrogen-bond acceptors (Lipinski definition) is 1. The van der Waals surface area contributed by atoms with Crippen LogP contribution < -0.4 is 0 Å². The van der Waals surface area contributed by atoms with E-state index in [1.54, 1.807) is 0 Å². The van der Waals surface area contributed by atoms with Crippen molar-refractivity contribution in [2.75, 3.05) is 0 Å². The maximum atomic E-state index is 4.05. The lowest BCUT2D eigenvalue weighted by Gasteiger charge is -2.06. The van der Waals surface area contributed by atoms with E-state index in [-0.39, 0.29) is 0 Å². The minimum absolute atomic E-state index is 0.900. The quantitative estimate of drug-likeness (QED) is 0.678. The number of fused-ring (bicyclic) bond motifs is 1. The molecule has 0 aliphatic carbocycles. The normalized spacial score (nSPS) is 10.9. The highest BCUT2D eigenvalue weighted by molar-refractivity contribution is 5.81. The van der Waals surface area contributed by atoms with Crippen molar-refractivity contribution in [3.05, 3.63) is 66.1 Å². The van der Waals surface area contributed by atoms with Gasteiger partial charge < -0.3 is 4.57 Å². The van der Waals surface area contributed by atoms with E-state index in [0.717, 1.165) is 13.0 Å². The van der Waals surface area contributed by atoms with Crippen molar-refractivity contribution >= 4 is 10.9 Å². The van der Waals surface area contributed by atoms with Gasteiger partial charge in [-0.1, -0.05) is 13.0 Å². The Hall–Kier alpha value is -2.09. The predicted molar refractivity (Wildman–Crippen MR) is 74.7 cm³/mol. The minimum Gasteiger partial charge on any atom is -0.343 e. The molecule has 0 fully saturated rings. The summed E-state index contributed by atoms with van der Waals surface area (Å²) < 4.78 is 2.28. The zero-order valence-electron chi connectivity index (χ0n) is 10.5. The van der Waals surface area contributed by atoms with Crippen LogP contribution in [0.3, 0.4) is 0 Å². The first-order valence-electron chi connectivity index (χ1n) is 6.33. The number of aryl methyl sites for hydroxylation is 1. The fourth-order valence-corrected chi connectivity index (χ4v) is 2.29. The zero-order chi connectivity index (χ0) is 12.4. The number of nitrogens with zero attached hydrogens (tertiary/aromatic N) is 2. The molecule has 0 aliphatic heterocycles. The van der Waals surface area contributed by atoms with Crippen molar-refractivity contribution in [3.63, 3.8) is 0 Å². The number of pyridine rings is 1. The van der Waals surface area contributed by atoms with Crippen LogP contribution in [0.1, 0.15) is 18.1 Å². The molecule has 0 radical (unpaired) electrons. The van der Waals surface area contributed by atoms with Gasteiger partial charge in [-0.05, 0) is 53.3 Å². The molecule has 0 saturated heterocycles. The van der Waals surface area contributed by atoms with E-state index in [1.165, 1.54) is 22.0 Å². The number of benzene rings is 1. The minimum atomic E-state index is 0.900. The molecule has 2 heteroatoms. The Labute approximate surface area is 107 Å². The van der Waals surface area contributed by atoms with E-state index in [4.69, 9.17) is 0 Å². The van der Waals surface area contributed by atoms with Crippen LogP contribution in [0.5, 0.6) is 0 Å². The molecule has 2 aromatic heterocycles. The maximum Gasteiger partial charge on any atom is 0.0483 e. The Morgan fingerprint density at radius 1 is 1.00 bits per heavy atom. The molecule has 0 saturated carbocycles. The van der Waals surface area contributed by atoms with E-state index < -0.39 is 0 Å². The lowest BCUT2D eigenvalue weighted by molar-refractivity contribution is 0.834. The van der Waals surface area contributed by atoms with Crippen molar-refractivity contribution in [2.45, 2.75) is 19.9 Å². The lowest BCUT2D eigenvalue weighted by atomic mass is 10.1. The van der Waals surface area contributed by atoms with Crippen LogP contribution in [0.4, 0.5) is 0 Å². The van der Waals surface area contributed by atoms with E-state index in [2.05, 4.69) is 59.1 Å². The maximum absolute atomic E-state index is 4.05. The summed E-state index contributed by atoms with van der Waals surface area (Å²) >= 11 is 0. The van der Waals surface area contributed by atoms with Gasteiger partial charge in [-0.3, -0.25) is 4.98 Å². The van der Waals surface area contributed by atoms with E-state index in [9.17, 15) is 0 Å². The van der Waals surface area contributed by atoms with Crippen LogP contribution in [0.2, 0.25) is 0 Å². The van der Waals surface area contributed by atoms with Crippen LogP contribution in [0.15, 0.2) is 55.0 Å². The zero-order valence-corrected chi connectivity index (χ0v) is 10.5. The van der Waals surface area contributed by atoms with Gasteiger partial charge in [-0.15, -0.1) is 0 Å². The molecule has 2 heterocycles. The predicted octanol–water partition coefficient (Wildman–Crippen LogP) is 3.65. The van der Waals surface area contributed by atoms with Gasteiger partial charge in [0.2, 0.25) is 0 Å². The monoisotopic (exact) mass is 236 g/mol. The molecule has 1 aromatic carbocycles. The second-order valence-corrected chi connectivity index (χ2v) is 4.55. The molecule has 0 aliphatic rings. The van der Waals surface area contributed by atoms with E-state index in [1.807, 2.05) is 12.4 Å². The first kappa shape index (κ1) is 11.0. The highest BCUT2D eigenvalue weighted by Gasteiger charge is 2.02. The fraction of sp³-hybridized carbons (Fsp3) is 0.188. The van der Waals surface area contributed by atoms with Gasteiger partial charge in [-0.2, -0.15) is 0 Å². The highest BCUT2D eigenvalue weighted by atomic mass is 14.9. The van der Waals surface area contributed by atoms with Crippen molar-refractivity contribution in [2.24, 2.45) is 0 Å². The molecular weight excluding hydrogens is 220 g/mol. The van der Waals surface area contributed by atoms with Gasteiger partial charge in [0.25, 0.3) is 0 Å². The summed E-state index contributed by atoms with van der Waals surface area (Å²) in [6.07, 6.45) is 6.93. The first-order chi connectivity index (χ1) is 8.86. The summed E-state index contributed by atoms with van der Waals surface area (Å²) in [6.45, 7) is 3.09. The third-order valence-corrected chi connectivity index (χ3v) is 3.35. The Morgan fingerprint density at radius 2 is 1.83 bits per heavy atom. The van der Waals surface area contributed by atoms with Gasteiger partial charge in [0.05, 0.1) is 0 Å². The number of rotatable bonds is 3. The molecule has 2 nitrogen and oxygen atoms in total. The second-order valence-electron chi connectivity index (χ2n) is 4.55. The summed E-state index contributed by atoms with van der Waals surface area (Å²) in [5.41, 5.74) is 3.97. The third-order valence-electron chi connectivity index (χ3n) is 3.35. The fourth-order valence-electron chi connectivity index (χ4n) is 2.29. The Morgan fingerprint density at radius 3 is 2.61 bits per heavy atom. The summed E-state index contributed by atoms with van der Waals surface area (Å²) in [6, 6.07) is 13.0. The van der Waals surface area contributed by atoms with Gasteiger partial charge in [0.15, 0.2) is 0 Å². The topological polar surface area (TPSA) is 17.8 Å². The summed E-state index contributed by atoms with van der Waals surface area (Å²) in [4.78, 5) is 4.05. The SMILES string of the molecule is CCc1ccc2c(ccn2Cc2ccncc2)c1. The summed E-state index contributed by atoms with van der Waals surface area (Å²) in [5.74, 6) is 0. The van der Waals surface area contributed by atoms with Crippen LogP contribution in [-0.2, 0) is 13.0 Å². The molecule has 90 valence electrons. The smallest absolute Gasteiger partial charge is 0.0483 e. The molecular formula is C16H16N2. The number of aromatic nitrogens is 2. The molecule has 18 heavy (non-hydrogen) atoms. The lowest BCUT2D eigenvalue weighted by Crippen LogP contribution is -1.97. The molecule has 0 spiro atoms. The Kier molecular flexibility index (Phi) is 2.85. The van der Waals surface area contributed by atoms with Crippen LogP contribution >= 0.6 is 0 Å².